The smallest absolute Gasteiger partial charge is 0.255 e. The zero-order valence-corrected chi connectivity index (χ0v) is 33.0. The summed E-state index contributed by atoms with van der Waals surface area (Å²) in [7, 11) is 0. The van der Waals surface area contributed by atoms with Gasteiger partial charge in [-0.05, 0) is 122 Å². The van der Waals surface area contributed by atoms with Gasteiger partial charge in [-0.25, -0.2) is 8.78 Å². The van der Waals surface area contributed by atoms with E-state index in [1.807, 2.05) is 18.2 Å². The number of phenols is 1. The van der Waals surface area contributed by atoms with Crippen LogP contribution in [0.15, 0.2) is 78.9 Å². The standard InChI is InChI=1S/C47H49F2N5O5/c48-32-3-10-40(49)38(22-32)39-26-59-42-23-35(55)7-9-37(42)44(39)30-1-4-33(5-2-30)52-17-13-29(14-18-52)24-51-19-15-47(16-20-51)27-53(28-47)34-6-8-36-31(21-34)25-54(46(36)58)41-11-12-43(56)50-45(41)57/h1-10,21-23,29,39,41,44,55H,11-20,24-28H2,(H,50,56,57)/t39-,41?,44-/m0/s1. The van der Waals surface area contributed by atoms with Crippen LogP contribution in [0.3, 0.4) is 0 Å². The first-order valence-corrected chi connectivity index (χ1v) is 21.1. The van der Waals surface area contributed by atoms with E-state index in [1.165, 1.54) is 25.0 Å². The molecule has 10 nitrogen and oxygen atoms in total. The largest absolute Gasteiger partial charge is 0.508 e. The van der Waals surface area contributed by atoms with E-state index in [9.17, 15) is 23.9 Å². The normalized spacial score (nSPS) is 24.4. The first-order chi connectivity index (χ1) is 28.6. The number of ether oxygens (including phenoxy) is 1. The van der Waals surface area contributed by atoms with Crippen molar-refractivity contribution in [1.29, 1.82) is 0 Å². The summed E-state index contributed by atoms with van der Waals surface area (Å²) in [6, 6.07) is 22.6. The van der Waals surface area contributed by atoms with Crippen LogP contribution in [0.2, 0.25) is 0 Å². The van der Waals surface area contributed by atoms with E-state index in [-0.39, 0.29) is 48.0 Å². The average Bonchev–Trinajstić information content (AvgIpc) is 3.55. The Bertz CT molecular complexity index is 2300. The zero-order chi connectivity index (χ0) is 40.4. The zero-order valence-electron chi connectivity index (χ0n) is 33.0. The Balaban J connectivity index is 0.714. The second-order valence-corrected chi connectivity index (χ2v) is 17.7. The van der Waals surface area contributed by atoms with Gasteiger partial charge < -0.3 is 29.4 Å². The number of anilines is 2. The molecule has 4 aromatic carbocycles. The SMILES string of the molecule is O=C1CCC(N2Cc3cc(N4CC5(CCN(CC6CCN(c7ccc([C@H]8c9ccc(O)cc9OC[C@H]8c8cc(F)ccc8F)cc7)CC6)CC5)C4)ccc3C2=O)C(=O)N1. The molecular weight excluding hydrogens is 753 g/mol. The molecule has 3 atom stereocenters. The Hall–Kier alpha value is -5.49. The van der Waals surface area contributed by atoms with Gasteiger partial charge in [-0.15, -0.1) is 0 Å². The van der Waals surface area contributed by atoms with Crippen LogP contribution in [0.1, 0.15) is 83.0 Å². The highest BCUT2D eigenvalue weighted by molar-refractivity contribution is 6.05. The number of rotatable bonds is 7. The second-order valence-electron chi connectivity index (χ2n) is 17.7. The van der Waals surface area contributed by atoms with E-state index >= 15 is 4.39 Å². The van der Waals surface area contributed by atoms with Gasteiger partial charge in [0.2, 0.25) is 11.8 Å². The molecule has 4 fully saturated rings. The number of benzene rings is 4. The molecule has 12 heteroatoms. The van der Waals surface area contributed by atoms with Crippen molar-refractivity contribution in [2.45, 2.75) is 62.9 Å². The molecule has 6 aliphatic rings. The van der Waals surface area contributed by atoms with Gasteiger partial charge in [0.05, 0.1) is 6.61 Å². The summed E-state index contributed by atoms with van der Waals surface area (Å²) in [5.74, 6) is -1.12. The molecule has 4 saturated heterocycles. The van der Waals surface area contributed by atoms with Crippen LogP contribution in [0.4, 0.5) is 20.2 Å². The highest BCUT2D eigenvalue weighted by Gasteiger charge is 2.46. The number of fused-ring (bicyclic) bond motifs is 2. The van der Waals surface area contributed by atoms with Crippen LogP contribution >= 0.6 is 0 Å². The van der Waals surface area contributed by atoms with E-state index in [0.29, 0.717) is 35.6 Å². The first-order valence-electron chi connectivity index (χ1n) is 21.1. The van der Waals surface area contributed by atoms with Crippen molar-refractivity contribution in [2.24, 2.45) is 11.3 Å². The molecular formula is C47H49F2N5O5. The summed E-state index contributed by atoms with van der Waals surface area (Å²) in [5.41, 5.74) is 6.36. The third-order valence-corrected chi connectivity index (χ3v) is 14.1. The fourth-order valence-electron chi connectivity index (χ4n) is 10.7. The Morgan fingerprint density at radius 1 is 0.797 bits per heavy atom. The van der Waals surface area contributed by atoms with Crippen LogP contribution in [0.25, 0.3) is 0 Å². The van der Waals surface area contributed by atoms with Crippen molar-refractivity contribution in [3.63, 3.8) is 0 Å². The molecule has 0 saturated carbocycles. The average molecular weight is 802 g/mol. The molecule has 1 spiro atoms. The fraction of sp³-hybridized carbons (Fsp3) is 0.426. The summed E-state index contributed by atoms with van der Waals surface area (Å²) in [6.07, 6.45) is 5.27. The van der Waals surface area contributed by atoms with Crippen LogP contribution in [-0.4, -0.2) is 91.1 Å². The first kappa shape index (κ1) is 37.8. The Morgan fingerprint density at radius 3 is 2.32 bits per heavy atom. The maximum atomic E-state index is 15.1. The molecule has 1 unspecified atom stereocenters. The molecule has 6 heterocycles. The summed E-state index contributed by atoms with van der Waals surface area (Å²) in [5, 5.41) is 12.5. The van der Waals surface area contributed by atoms with E-state index in [4.69, 9.17) is 4.74 Å². The highest BCUT2D eigenvalue weighted by atomic mass is 19.1. The molecule has 4 aromatic rings. The molecule has 10 rings (SSSR count). The lowest BCUT2D eigenvalue weighted by Gasteiger charge is -2.55. The minimum Gasteiger partial charge on any atom is -0.508 e. The van der Waals surface area contributed by atoms with Crippen molar-refractivity contribution >= 4 is 29.1 Å². The van der Waals surface area contributed by atoms with Gasteiger partial charge in [-0.3, -0.25) is 19.7 Å². The number of hydrogen-bond donors (Lipinski definition) is 2. The third-order valence-electron chi connectivity index (χ3n) is 14.1. The molecule has 0 radical (unpaired) electrons. The maximum Gasteiger partial charge on any atom is 0.255 e. The number of carbonyl (C=O) groups excluding carboxylic acids is 3. The number of piperidine rings is 3. The highest BCUT2D eigenvalue weighted by Crippen LogP contribution is 2.48. The summed E-state index contributed by atoms with van der Waals surface area (Å²) in [4.78, 5) is 46.4. The summed E-state index contributed by atoms with van der Waals surface area (Å²) < 4.78 is 35.4. The quantitative estimate of drug-likeness (QED) is 0.203. The molecule has 2 N–H and O–H groups in total. The van der Waals surface area contributed by atoms with E-state index in [2.05, 4.69) is 50.3 Å². The van der Waals surface area contributed by atoms with Gasteiger partial charge in [-0.2, -0.15) is 0 Å². The Kier molecular flexibility index (Phi) is 9.57. The molecule has 3 amide bonds. The number of carbonyl (C=O) groups is 3. The number of hydrogen-bond acceptors (Lipinski definition) is 8. The molecule has 306 valence electrons. The number of nitrogens with zero attached hydrogens (tertiary/aromatic N) is 4. The number of amides is 3. The van der Waals surface area contributed by atoms with E-state index in [1.54, 1.807) is 17.0 Å². The minimum absolute atomic E-state index is 0.100. The van der Waals surface area contributed by atoms with Crippen molar-refractivity contribution < 1.29 is 33.0 Å². The van der Waals surface area contributed by atoms with Gasteiger partial charge in [0.25, 0.3) is 5.91 Å². The molecule has 0 aliphatic carbocycles. The van der Waals surface area contributed by atoms with E-state index in [0.717, 1.165) is 92.8 Å². The van der Waals surface area contributed by atoms with Crippen LogP contribution < -0.4 is 19.9 Å². The number of nitrogens with one attached hydrogen (secondary N) is 1. The molecule has 6 aliphatic heterocycles. The van der Waals surface area contributed by atoms with Crippen molar-refractivity contribution in [2.75, 3.05) is 62.2 Å². The van der Waals surface area contributed by atoms with Crippen LogP contribution in [0, 0.1) is 23.0 Å². The fourth-order valence-corrected chi connectivity index (χ4v) is 10.7. The predicted molar refractivity (Wildman–Crippen MR) is 219 cm³/mol. The van der Waals surface area contributed by atoms with Gasteiger partial charge in [0.1, 0.15) is 29.2 Å². The van der Waals surface area contributed by atoms with Crippen molar-refractivity contribution in [1.82, 2.24) is 15.1 Å². The lowest BCUT2D eigenvalue weighted by Crippen LogP contribution is -2.60. The topological polar surface area (TPSA) is 106 Å². The van der Waals surface area contributed by atoms with Gasteiger partial charge in [0.15, 0.2) is 0 Å². The number of imide groups is 1. The van der Waals surface area contributed by atoms with Gasteiger partial charge >= 0.3 is 0 Å². The number of aromatic hydroxyl groups is 1. The van der Waals surface area contributed by atoms with Crippen molar-refractivity contribution in [3.05, 3.63) is 118 Å². The number of phenolic OH excluding ortho intramolecular Hbond substituents is 1. The van der Waals surface area contributed by atoms with Crippen LogP contribution in [0.5, 0.6) is 11.5 Å². The third kappa shape index (κ3) is 7.08. The van der Waals surface area contributed by atoms with Gasteiger partial charge in [0, 0.05) is 91.5 Å². The molecule has 0 aromatic heterocycles. The molecule has 0 bridgehead atoms. The Labute approximate surface area is 342 Å². The summed E-state index contributed by atoms with van der Waals surface area (Å²) >= 11 is 0. The maximum absolute atomic E-state index is 15.1. The lowest BCUT2D eigenvalue weighted by molar-refractivity contribution is -0.136. The second kappa shape index (κ2) is 15.0. The summed E-state index contributed by atoms with van der Waals surface area (Å²) in [6.45, 7) is 7.96. The van der Waals surface area contributed by atoms with E-state index < -0.39 is 23.6 Å². The lowest BCUT2D eigenvalue weighted by atomic mass is 9.71. The Morgan fingerprint density at radius 2 is 1.56 bits per heavy atom. The predicted octanol–water partition coefficient (Wildman–Crippen LogP) is 6.56. The number of likely N-dealkylation sites (tertiary alicyclic amines) is 1. The molecule has 59 heavy (non-hydrogen) atoms. The van der Waals surface area contributed by atoms with Crippen molar-refractivity contribution in [3.8, 4) is 11.5 Å². The van der Waals surface area contributed by atoms with Crippen LogP contribution in [-0.2, 0) is 16.1 Å². The van der Waals surface area contributed by atoms with Gasteiger partial charge in [-0.1, -0.05) is 18.2 Å². The number of halogens is 2. The minimum atomic E-state index is -0.598. The monoisotopic (exact) mass is 801 g/mol.